The summed E-state index contributed by atoms with van der Waals surface area (Å²) in [4.78, 5) is 121. The van der Waals surface area contributed by atoms with Crippen molar-refractivity contribution in [1.82, 2.24) is 58.5 Å². The first-order valence-electron chi connectivity index (χ1n) is 29.3. The Balaban J connectivity index is 0.838. The molecule has 0 aromatic heterocycles. The largest absolute Gasteiger partial charge is 0.369 e. The molecule has 21 nitrogen and oxygen atoms in total. The molecule has 2 aliphatic carbocycles. The number of rotatable bonds is 25. The van der Waals surface area contributed by atoms with Crippen LogP contribution in [0.25, 0.3) is 10.8 Å². The van der Waals surface area contributed by atoms with Crippen molar-refractivity contribution in [2.24, 2.45) is 47.2 Å². The lowest BCUT2D eigenvalue weighted by Crippen LogP contribution is -2.54. The fourth-order valence-corrected chi connectivity index (χ4v) is 12.8. The summed E-state index contributed by atoms with van der Waals surface area (Å²) in [5, 5.41) is 36.1. The lowest BCUT2D eigenvalue weighted by molar-refractivity contribution is -0.130. The lowest BCUT2D eigenvalue weighted by Gasteiger charge is -2.28. The van der Waals surface area contributed by atoms with E-state index in [2.05, 4.69) is 64.6 Å². The highest BCUT2D eigenvalue weighted by molar-refractivity contribution is 5.88. The van der Waals surface area contributed by atoms with Gasteiger partial charge in [-0.2, -0.15) is 0 Å². The second-order valence-electron chi connectivity index (χ2n) is 23.6. The van der Waals surface area contributed by atoms with E-state index in [1.54, 1.807) is 0 Å². The van der Waals surface area contributed by atoms with Crippen molar-refractivity contribution >= 4 is 63.9 Å². The number of nitrogens with one attached hydrogen (secondary N) is 11. The molecule has 0 bridgehead atoms. The number of amides is 9. The van der Waals surface area contributed by atoms with Crippen molar-refractivity contribution < 1.29 is 43.2 Å². The van der Waals surface area contributed by atoms with Crippen LogP contribution < -0.4 is 64.2 Å². The highest BCUT2D eigenvalue weighted by Gasteiger charge is 2.42. The SMILES string of the molecule is CC(=O)NC1CCCC1C(=O)N[C@H](CC(=O)NC1CCCC1C(=O)NC[C@H](CC(C)C)C(=O)NC1CNCC1C(=O)NC1CNCC1C(=O)N[C@H](CC(=O)NC1CNCC1C(N)=O)Cc1ccccc1)Cc1ccc2ccccc2c1. The first-order chi connectivity index (χ1) is 39.0. The number of carbonyl (C=O) groups excluding carboxylic acids is 9. The summed E-state index contributed by atoms with van der Waals surface area (Å²) in [5.41, 5.74) is 7.46. The van der Waals surface area contributed by atoms with Gasteiger partial charge in [0.2, 0.25) is 53.2 Å². The summed E-state index contributed by atoms with van der Waals surface area (Å²) < 4.78 is 0. The monoisotopic (exact) mass is 1120 g/mol. The van der Waals surface area contributed by atoms with Crippen molar-refractivity contribution in [3.63, 3.8) is 0 Å². The van der Waals surface area contributed by atoms with Crippen LogP contribution in [-0.4, -0.2) is 141 Å². The summed E-state index contributed by atoms with van der Waals surface area (Å²) in [5.74, 6) is -6.00. The fraction of sp³-hybridized carbons (Fsp3) is 0.583. The van der Waals surface area contributed by atoms with Crippen molar-refractivity contribution in [3.8, 4) is 0 Å². The number of hydrogen-bond acceptors (Lipinski definition) is 12. The zero-order valence-corrected chi connectivity index (χ0v) is 47.0. The molecule has 2 saturated carbocycles. The van der Waals surface area contributed by atoms with E-state index in [0.29, 0.717) is 84.2 Å². The van der Waals surface area contributed by atoms with Crippen molar-refractivity contribution in [3.05, 3.63) is 83.9 Å². The van der Waals surface area contributed by atoms with Crippen molar-refractivity contribution in [2.75, 3.05) is 45.8 Å². The second-order valence-corrected chi connectivity index (χ2v) is 23.6. The average molecular weight is 1120 g/mol. The lowest BCUT2D eigenvalue weighted by atomic mass is 9.93. The van der Waals surface area contributed by atoms with Gasteiger partial charge in [-0.15, -0.1) is 0 Å². The van der Waals surface area contributed by atoms with Crippen LogP contribution in [0.4, 0.5) is 0 Å². The first-order valence-corrected chi connectivity index (χ1v) is 29.3. The Labute approximate surface area is 474 Å². The quantitative estimate of drug-likeness (QED) is 0.0547. The number of fused-ring (bicyclic) bond motifs is 1. The number of hydrogen-bond donors (Lipinski definition) is 12. The molecule has 5 aliphatic rings. The van der Waals surface area contributed by atoms with Gasteiger partial charge in [0.05, 0.1) is 53.6 Å². The third-order valence-electron chi connectivity index (χ3n) is 17.0. The van der Waals surface area contributed by atoms with Crippen LogP contribution in [-0.2, 0) is 56.0 Å². The van der Waals surface area contributed by atoms with Crippen LogP contribution in [0.15, 0.2) is 72.8 Å². The van der Waals surface area contributed by atoms with E-state index >= 15 is 0 Å². The minimum atomic E-state index is -0.652. The zero-order chi connectivity index (χ0) is 57.6. The Kier molecular flexibility index (Phi) is 21.3. The third-order valence-corrected chi connectivity index (χ3v) is 17.0. The Bertz CT molecular complexity index is 2730. The molecule has 3 aromatic carbocycles. The van der Waals surface area contributed by atoms with E-state index in [-0.39, 0.29) is 78.6 Å². The Morgan fingerprint density at radius 3 is 1.65 bits per heavy atom. The molecule has 0 spiro atoms. The van der Waals surface area contributed by atoms with E-state index < -0.39 is 77.7 Å². The van der Waals surface area contributed by atoms with Gasteiger partial charge >= 0.3 is 0 Å². The van der Waals surface area contributed by atoms with E-state index in [1.165, 1.54) is 6.92 Å². The number of primary amides is 1. The molecule has 3 aliphatic heterocycles. The molecule has 13 N–H and O–H groups in total. The minimum absolute atomic E-state index is 0.0152. The zero-order valence-electron chi connectivity index (χ0n) is 47.0. The van der Waals surface area contributed by atoms with Crippen LogP contribution in [0.3, 0.4) is 0 Å². The highest BCUT2D eigenvalue weighted by Crippen LogP contribution is 2.29. The maximum Gasteiger partial charge on any atom is 0.226 e. The van der Waals surface area contributed by atoms with Crippen molar-refractivity contribution in [1.29, 1.82) is 0 Å². The van der Waals surface area contributed by atoms with Gasteiger partial charge in [-0.3, -0.25) is 43.2 Å². The summed E-state index contributed by atoms with van der Waals surface area (Å²) >= 11 is 0. The predicted molar refractivity (Wildman–Crippen MR) is 305 cm³/mol. The smallest absolute Gasteiger partial charge is 0.226 e. The molecule has 3 heterocycles. The molecule has 10 unspecified atom stereocenters. The first kappa shape index (κ1) is 60.1. The van der Waals surface area contributed by atoms with Gasteiger partial charge in [-0.25, -0.2) is 0 Å². The summed E-state index contributed by atoms with van der Waals surface area (Å²) in [7, 11) is 0. The van der Waals surface area contributed by atoms with Gasteiger partial charge in [-0.1, -0.05) is 99.5 Å². The molecule has 21 heteroatoms. The normalized spacial score (nSPS) is 26.2. The van der Waals surface area contributed by atoms with Crippen molar-refractivity contribution in [2.45, 2.75) is 134 Å². The molecular formula is C60H84N12O9. The van der Waals surface area contributed by atoms with Crippen LogP contribution in [0.5, 0.6) is 0 Å². The number of nitrogens with two attached hydrogens (primary N) is 1. The molecule has 81 heavy (non-hydrogen) atoms. The number of carbonyl (C=O) groups is 9. The standard InChI is InChI=1S/C60H84N12O9/c1-34(2)21-40(27-65-57(78)43-15-9-18-49(43)69-53(74)26-42(24-37-19-20-38-13-7-8-14-39(38)22-37)67-58(79)44-16-10-17-48(44)66-35(3)73)56(77)71-51-32-64-30-47(51)60(81)72-52-33-63-29-46(52)59(80)68-41(23-36-11-5-4-6-12-36)25-54(75)70-50-31-62-28-45(50)55(61)76/h4-8,11-14,19-20,22,34,40-52,62-64H,9-10,15-18,21,23-33H2,1-3H3,(H2,61,76)(H,65,78)(H,66,73)(H,67,79)(H,68,80)(H,69,74)(H,70,75)(H,71,77)(H,72,81)/t40-,41-,42-,43?,44?,45?,46?,47?,48?,49?,50?,51?,52?/m0/s1. The van der Waals surface area contributed by atoms with Gasteiger partial charge in [0.15, 0.2) is 0 Å². The van der Waals surface area contributed by atoms with E-state index in [4.69, 9.17) is 5.73 Å². The molecule has 13 atom stereocenters. The minimum Gasteiger partial charge on any atom is -0.369 e. The summed E-state index contributed by atoms with van der Waals surface area (Å²) in [6, 6.07) is 20.1. The second kappa shape index (κ2) is 28.6. The number of benzene rings is 3. The third kappa shape index (κ3) is 16.8. The van der Waals surface area contributed by atoms with Crippen LogP contribution in [0, 0.1) is 41.4 Å². The maximum absolute atomic E-state index is 14.2. The average Bonchev–Trinajstić information content (AvgIpc) is 4.32. The van der Waals surface area contributed by atoms with Gasteiger partial charge in [0, 0.05) is 89.7 Å². The highest BCUT2D eigenvalue weighted by atomic mass is 16.2. The maximum atomic E-state index is 14.2. The molecule has 5 fully saturated rings. The fourth-order valence-electron chi connectivity index (χ4n) is 12.8. The van der Waals surface area contributed by atoms with Gasteiger partial charge in [0.25, 0.3) is 0 Å². The molecule has 9 amide bonds. The Hall–Kier alpha value is -6.97. The van der Waals surface area contributed by atoms with Crippen LogP contribution in [0.2, 0.25) is 0 Å². The van der Waals surface area contributed by atoms with Crippen LogP contribution >= 0.6 is 0 Å². The molecule has 3 saturated heterocycles. The summed E-state index contributed by atoms with van der Waals surface area (Å²) in [6.45, 7) is 7.54. The van der Waals surface area contributed by atoms with E-state index in [1.807, 2.05) is 80.6 Å². The van der Waals surface area contributed by atoms with Gasteiger partial charge in [0.1, 0.15) is 0 Å². The Morgan fingerprint density at radius 1 is 0.519 bits per heavy atom. The van der Waals surface area contributed by atoms with Crippen LogP contribution in [0.1, 0.15) is 89.7 Å². The predicted octanol–water partition coefficient (Wildman–Crippen LogP) is 0.341. The summed E-state index contributed by atoms with van der Waals surface area (Å²) in [6.07, 6.45) is 5.19. The van der Waals surface area contributed by atoms with E-state index in [0.717, 1.165) is 34.7 Å². The molecule has 8 rings (SSSR count). The topological polar surface area (TPSA) is 312 Å². The molecule has 3 aromatic rings. The van der Waals surface area contributed by atoms with Gasteiger partial charge < -0.3 is 64.2 Å². The molecular weight excluding hydrogens is 1030 g/mol. The van der Waals surface area contributed by atoms with Gasteiger partial charge in [-0.05, 0) is 72.8 Å². The van der Waals surface area contributed by atoms with E-state index in [9.17, 15) is 43.2 Å². The Morgan fingerprint density at radius 2 is 1.04 bits per heavy atom. The molecule has 438 valence electrons. The molecule has 0 radical (unpaired) electrons.